The molecular weight excluding hydrogens is 226 g/mol. The van der Waals surface area contributed by atoms with Crippen LogP contribution < -0.4 is 10.5 Å². The summed E-state index contributed by atoms with van der Waals surface area (Å²) < 4.78 is 5.88. The standard InChI is InChI=1S/C14H17N3O/c15-8-10-5-3-7-13(10)18-14-16-9-11-4-1-2-6-12(11)17-14/h1-2,4,6,9-10,13H,3,5,7-8,15H2. The van der Waals surface area contributed by atoms with Gasteiger partial charge in [0, 0.05) is 17.5 Å². The highest BCUT2D eigenvalue weighted by atomic mass is 16.5. The molecular formula is C14H17N3O. The van der Waals surface area contributed by atoms with E-state index < -0.39 is 0 Å². The fourth-order valence-electron chi connectivity index (χ4n) is 2.57. The first-order valence-corrected chi connectivity index (χ1v) is 6.45. The monoisotopic (exact) mass is 243 g/mol. The number of hydrogen-bond donors (Lipinski definition) is 1. The Morgan fingerprint density at radius 2 is 2.17 bits per heavy atom. The Morgan fingerprint density at radius 1 is 1.28 bits per heavy atom. The summed E-state index contributed by atoms with van der Waals surface area (Å²) in [5.74, 6) is 0.445. The van der Waals surface area contributed by atoms with Crippen LogP contribution >= 0.6 is 0 Å². The zero-order valence-electron chi connectivity index (χ0n) is 10.2. The van der Waals surface area contributed by atoms with Crippen molar-refractivity contribution < 1.29 is 4.74 Å². The van der Waals surface area contributed by atoms with Crippen molar-refractivity contribution in [2.24, 2.45) is 11.7 Å². The molecule has 3 rings (SSSR count). The third-order valence-electron chi connectivity index (χ3n) is 3.62. The van der Waals surface area contributed by atoms with Crippen molar-refractivity contribution in [3.05, 3.63) is 30.5 Å². The first kappa shape index (κ1) is 11.4. The molecule has 0 saturated heterocycles. The Labute approximate surface area is 106 Å². The van der Waals surface area contributed by atoms with Gasteiger partial charge in [0.15, 0.2) is 0 Å². The van der Waals surface area contributed by atoms with E-state index in [1.54, 1.807) is 0 Å². The van der Waals surface area contributed by atoms with Crippen LogP contribution in [0.25, 0.3) is 10.9 Å². The average molecular weight is 243 g/mol. The van der Waals surface area contributed by atoms with Crippen LogP contribution in [0.2, 0.25) is 0 Å². The molecule has 1 aliphatic carbocycles. The number of para-hydroxylation sites is 1. The molecule has 2 aromatic rings. The molecule has 2 atom stereocenters. The van der Waals surface area contributed by atoms with Gasteiger partial charge in [0.2, 0.25) is 0 Å². The zero-order chi connectivity index (χ0) is 12.4. The lowest BCUT2D eigenvalue weighted by molar-refractivity contribution is 0.149. The van der Waals surface area contributed by atoms with Gasteiger partial charge in [-0.1, -0.05) is 18.2 Å². The lowest BCUT2D eigenvalue weighted by Gasteiger charge is -2.18. The normalized spacial score (nSPS) is 23.4. The first-order valence-electron chi connectivity index (χ1n) is 6.45. The molecule has 1 heterocycles. The summed E-state index contributed by atoms with van der Waals surface area (Å²) in [6.45, 7) is 0.679. The minimum Gasteiger partial charge on any atom is -0.460 e. The van der Waals surface area contributed by atoms with E-state index in [1.165, 1.54) is 6.42 Å². The molecule has 18 heavy (non-hydrogen) atoms. The molecule has 1 aliphatic rings. The summed E-state index contributed by atoms with van der Waals surface area (Å²) in [6, 6.07) is 8.39. The third kappa shape index (κ3) is 2.16. The second-order valence-corrected chi connectivity index (χ2v) is 4.79. The molecule has 0 spiro atoms. The summed E-state index contributed by atoms with van der Waals surface area (Å²) >= 11 is 0. The van der Waals surface area contributed by atoms with Crippen LogP contribution in [-0.4, -0.2) is 22.6 Å². The minimum atomic E-state index is 0.177. The molecule has 1 aromatic heterocycles. The van der Waals surface area contributed by atoms with E-state index in [1.807, 2.05) is 30.5 Å². The molecule has 0 aliphatic heterocycles. The second-order valence-electron chi connectivity index (χ2n) is 4.79. The lowest BCUT2D eigenvalue weighted by atomic mass is 10.1. The van der Waals surface area contributed by atoms with Crippen LogP contribution in [0.5, 0.6) is 6.01 Å². The Balaban J connectivity index is 1.82. The van der Waals surface area contributed by atoms with Gasteiger partial charge in [-0.15, -0.1) is 0 Å². The first-order chi connectivity index (χ1) is 8.86. The van der Waals surface area contributed by atoms with Crippen LogP contribution in [0.3, 0.4) is 0 Å². The Kier molecular flexibility index (Phi) is 3.11. The average Bonchev–Trinajstić information content (AvgIpc) is 2.86. The maximum Gasteiger partial charge on any atom is 0.317 e. The van der Waals surface area contributed by atoms with E-state index in [2.05, 4.69) is 9.97 Å². The molecule has 4 heteroatoms. The molecule has 0 radical (unpaired) electrons. The van der Waals surface area contributed by atoms with Crippen molar-refractivity contribution in [1.29, 1.82) is 0 Å². The number of rotatable bonds is 3. The van der Waals surface area contributed by atoms with Gasteiger partial charge in [-0.25, -0.2) is 4.98 Å². The summed E-state index contributed by atoms with van der Waals surface area (Å²) in [7, 11) is 0. The van der Waals surface area contributed by atoms with Crippen molar-refractivity contribution >= 4 is 10.9 Å². The molecule has 2 unspecified atom stereocenters. The molecule has 1 fully saturated rings. The van der Waals surface area contributed by atoms with Gasteiger partial charge >= 0.3 is 6.01 Å². The van der Waals surface area contributed by atoms with E-state index in [4.69, 9.17) is 10.5 Å². The van der Waals surface area contributed by atoms with Crippen LogP contribution in [0, 0.1) is 5.92 Å². The molecule has 0 amide bonds. The Hall–Kier alpha value is -1.68. The Bertz CT molecular complexity index is 543. The number of aromatic nitrogens is 2. The summed E-state index contributed by atoms with van der Waals surface area (Å²) in [6.07, 6.45) is 5.37. The highest BCUT2D eigenvalue weighted by molar-refractivity contribution is 5.77. The van der Waals surface area contributed by atoms with Gasteiger partial charge in [-0.3, -0.25) is 0 Å². The molecule has 0 bridgehead atoms. The number of ether oxygens (including phenoxy) is 1. The number of nitrogens with zero attached hydrogens (tertiary/aromatic N) is 2. The van der Waals surface area contributed by atoms with Crippen molar-refractivity contribution in [1.82, 2.24) is 9.97 Å². The predicted octanol–water partition coefficient (Wildman–Crippen LogP) is 2.14. The molecule has 2 N–H and O–H groups in total. The topological polar surface area (TPSA) is 61.0 Å². The van der Waals surface area contributed by atoms with Crippen molar-refractivity contribution in [2.45, 2.75) is 25.4 Å². The maximum absolute atomic E-state index is 5.88. The maximum atomic E-state index is 5.88. The van der Waals surface area contributed by atoms with Crippen molar-refractivity contribution in [2.75, 3.05) is 6.54 Å². The van der Waals surface area contributed by atoms with E-state index >= 15 is 0 Å². The smallest absolute Gasteiger partial charge is 0.317 e. The molecule has 94 valence electrons. The van der Waals surface area contributed by atoms with Crippen LogP contribution in [0.4, 0.5) is 0 Å². The van der Waals surface area contributed by atoms with Crippen molar-refractivity contribution in [3.63, 3.8) is 0 Å². The van der Waals surface area contributed by atoms with E-state index in [-0.39, 0.29) is 6.10 Å². The molecule has 1 aromatic carbocycles. The number of nitrogens with two attached hydrogens (primary N) is 1. The fraction of sp³-hybridized carbons (Fsp3) is 0.429. The zero-order valence-corrected chi connectivity index (χ0v) is 10.2. The summed E-state index contributed by atoms with van der Waals surface area (Å²) in [5.41, 5.74) is 6.67. The summed E-state index contributed by atoms with van der Waals surface area (Å²) in [4.78, 5) is 8.70. The van der Waals surface area contributed by atoms with Gasteiger partial charge in [0.05, 0.1) is 5.52 Å². The number of hydrogen-bond acceptors (Lipinski definition) is 4. The number of fused-ring (bicyclic) bond motifs is 1. The summed E-state index contributed by atoms with van der Waals surface area (Å²) in [5, 5.41) is 1.03. The largest absolute Gasteiger partial charge is 0.460 e. The van der Waals surface area contributed by atoms with Gasteiger partial charge < -0.3 is 10.5 Å². The van der Waals surface area contributed by atoms with Gasteiger partial charge in [0.1, 0.15) is 6.10 Å². The lowest BCUT2D eigenvalue weighted by Crippen LogP contribution is -2.28. The molecule has 1 saturated carbocycles. The van der Waals surface area contributed by atoms with Crippen LogP contribution in [-0.2, 0) is 0 Å². The van der Waals surface area contributed by atoms with Gasteiger partial charge in [0.25, 0.3) is 0 Å². The van der Waals surface area contributed by atoms with Crippen molar-refractivity contribution in [3.8, 4) is 6.01 Å². The second kappa shape index (κ2) is 4.90. The third-order valence-corrected chi connectivity index (χ3v) is 3.62. The fourth-order valence-corrected chi connectivity index (χ4v) is 2.57. The minimum absolute atomic E-state index is 0.177. The Morgan fingerprint density at radius 3 is 3.06 bits per heavy atom. The predicted molar refractivity (Wildman–Crippen MR) is 70.3 cm³/mol. The van der Waals surface area contributed by atoms with E-state index in [0.717, 1.165) is 23.7 Å². The number of benzene rings is 1. The van der Waals surface area contributed by atoms with E-state index in [9.17, 15) is 0 Å². The highest BCUT2D eigenvalue weighted by Crippen LogP contribution is 2.28. The SMILES string of the molecule is NCC1CCCC1Oc1ncc2ccccc2n1. The molecule has 4 nitrogen and oxygen atoms in total. The van der Waals surface area contributed by atoms with E-state index in [0.29, 0.717) is 18.5 Å². The van der Waals surface area contributed by atoms with Gasteiger partial charge in [-0.2, -0.15) is 4.98 Å². The van der Waals surface area contributed by atoms with Crippen LogP contribution in [0.15, 0.2) is 30.5 Å². The van der Waals surface area contributed by atoms with Gasteiger partial charge in [-0.05, 0) is 31.9 Å². The highest BCUT2D eigenvalue weighted by Gasteiger charge is 2.28. The van der Waals surface area contributed by atoms with Crippen LogP contribution in [0.1, 0.15) is 19.3 Å². The quantitative estimate of drug-likeness (QED) is 0.897.